The minimum Gasteiger partial charge on any atom is -0.366 e. The van der Waals surface area contributed by atoms with Crippen LogP contribution >= 0.6 is 11.8 Å². The molecule has 0 aromatic carbocycles. The standard InChI is InChI=1S/C14H18N4O3S/c1-7-8(2)11(12(15)20)13(17-9(7)3)22-6-10(19)18-5-4-16-14(18)21/h4-6H2,1-3H3,(H2,15,20)(H,16,21). The van der Waals surface area contributed by atoms with E-state index in [0.29, 0.717) is 23.7 Å². The highest BCUT2D eigenvalue weighted by molar-refractivity contribution is 8.00. The summed E-state index contributed by atoms with van der Waals surface area (Å²) in [5.41, 5.74) is 8.24. The van der Waals surface area contributed by atoms with E-state index in [1.165, 1.54) is 0 Å². The molecule has 1 saturated heterocycles. The number of primary amides is 1. The van der Waals surface area contributed by atoms with Gasteiger partial charge in [0.15, 0.2) is 0 Å². The molecule has 0 unspecified atom stereocenters. The predicted molar refractivity (Wildman–Crippen MR) is 82.8 cm³/mol. The van der Waals surface area contributed by atoms with Gasteiger partial charge < -0.3 is 11.1 Å². The topological polar surface area (TPSA) is 105 Å². The molecule has 1 aliphatic rings. The van der Waals surface area contributed by atoms with Crippen LogP contribution in [0.4, 0.5) is 4.79 Å². The molecule has 1 aromatic rings. The van der Waals surface area contributed by atoms with Gasteiger partial charge in [-0.1, -0.05) is 11.8 Å². The van der Waals surface area contributed by atoms with Crippen LogP contribution in [0.25, 0.3) is 0 Å². The lowest BCUT2D eigenvalue weighted by Crippen LogP contribution is -2.35. The van der Waals surface area contributed by atoms with Crippen molar-refractivity contribution in [3.63, 3.8) is 0 Å². The van der Waals surface area contributed by atoms with Crippen molar-refractivity contribution in [1.82, 2.24) is 15.2 Å². The molecule has 1 aromatic heterocycles. The first kappa shape index (κ1) is 16.3. The molecule has 1 fully saturated rings. The number of aryl methyl sites for hydroxylation is 1. The normalized spacial score (nSPS) is 14.1. The van der Waals surface area contributed by atoms with E-state index in [2.05, 4.69) is 10.3 Å². The minimum absolute atomic E-state index is 0.0304. The van der Waals surface area contributed by atoms with Crippen molar-refractivity contribution in [2.75, 3.05) is 18.8 Å². The molecule has 1 aliphatic heterocycles. The lowest BCUT2D eigenvalue weighted by atomic mass is 10.0. The van der Waals surface area contributed by atoms with Crippen LogP contribution < -0.4 is 11.1 Å². The van der Waals surface area contributed by atoms with Gasteiger partial charge >= 0.3 is 6.03 Å². The maximum absolute atomic E-state index is 12.0. The molecule has 0 saturated carbocycles. The summed E-state index contributed by atoms with van der Waals surface area (Å²) in [6.45, 7) is 6.35. The van der Waals surface area contributed by atoms with Crippen LogP contribution in [-0.2, 0) is 4.79 Å². The molecule has 2 heterocycles. The summed E-state index contributed by atoms with van der Waals surface area (Å²) in [4.78, 5) is 40.7. The number of nitrogens with zero attached hydrogens (tertiary/aromatic N) is 2. The smallest absolute Gasteiger partial charge is 0.324 e. The van der Waals surface area contributed by atoms with Crippen LogP contribution in [0.2, 0.25) is 0 Å². The van der Waals surface area contributed by atoms with E-state index < -0.39 is 5.91 Å². The second-order valence-electron chi connectivity index (χ2n) is 5.06. The summed E-state index contributed by atoms with van der Waals surface area (Å²) in [6.07, 6.45) is 0. The van der Waals surface area contributed by atoms with E-state index in [1.54, 1.807) is 0 Å². The summed E-state index contributed by atoms with van der Waals surface area (Å²) in [7, 11) is 0. The Bertz CT molecular complexity index is 660. The van der Waals surface area contributed by atoms with Crippen molar-refractivity contribution >= 4 is 29.6 Å². The van der Waals surface area contributed by atoms with Crippen molar-refractivity contribution in [2.24, 2.45) is 5.73 Å². The number of nitrogens with two attached hydrogens (primary N) is 1. The summed E-state index contributed by atoms with van der Waals surface area (Å²) < 4.78 is 0. The molecule has 4 amide bonds. The fourth-order valence-corrected chi connectivity index (χ4v) is 3.24. The Morgan fingerprint density at radius 2 is 2.00 bits per heavy atom. The van der Waals surface area contributed by atoms with Crippen LogP contribution in [0.3, 0.4) is 0 Å². The molecular weight excluding hydrogens is 304 g/mol. The third-order valence-corrected chi connectivity index (χ3v) is 4.66. The Hall–Kier alpha value is -2.09. The van der Waals surface area contributed by atoms with Gasteiger partial charge in [-0.3, -0.25) is 14.5 Å². The van der Waals surface area contributed by atoms with E-state index >= 15 is 0 Å². The summed E-state index contributed by atoms with van der Waals surface area (Å²) >= 11 is 1.13. The Morgan fingerprint density at radius 1 is 1.32 bits per heavy atom. The maximum atomic E-state index is 12.0. The number of carbonyl (C=O) groups is 3. The number of pyridine rings is 1. The summed E-state index contributed by atoms with van der Waals surface area (Å²) in [5.74, 6) is -0.849. The van der Waals surface area contributed by atoms with Crippen LogP contribution in [0, 0.1) is 20.8 Å². The van der Waals surface area contributed by atoms with E-state index in [1.807, 2.05) is 20.8 Å². The quantitative estimate of drug-likeness (QED) is 0.796. The lowest BCUT2D eigenvalue weighted by Gasteiger charge is -2.15. The maximum Gasteiger partial charge on any atom is 0.324 e. The third-order valence-electron chi connectivity index (χ3n) is 3.70. The molecule has 3 N–H and O–H groups in total. The van der Waals surface area contributed by atoms with Crippen molar-refractivity contribution in [3.05, 3.63) is 22.4 Å². The molecule has 0 aliphatic carbocycles. The van der Waals surface area contributed by atoms with Crippen LogP contribution in [0.1, 0.15) is 27.2 Å². The number of imide groups is 1. The van der Waals surface area contributed by atoms with Crippen molar-refractivity contribution in [2.45, 2.75) is 25.8 Å². The van der Waals surface area contributed by atoms with Gasteiger partial charge in [-0.15, -0.1) is 0 Å². The Morgan fingerprint density at radius 3 is 2.55 bits per heavy atom. The first-order chi connectivity index (χ1) is 10.3. The fourth-order valence-electron chi connectivity index (χ4n) is 2.22. The lowest BCUT2D eigenvalue weighted by molar-refractivity contribution is -0.124. The van der Waals surface area contributed by atoms with Gasteiger partial charge in [0.2, 0.25) is 5.91 Å². The number of thioether (sulfide) groups is 1. The number of rotatable bonds is 4. The molecule has 118 valence electrons. The molecule has 0 bridgehead atoms. The van der Waals surface area contributed by atoms with Gasteiger partial charge in [-0.05, 0) is 31.9 Å². The van der Waals surface area contributed by atoms with Gasteiger partial charge in [0, 0.05) is 18.8 Å². The zero-order valence-electron chi connectivity index (χ0n) is 12.7. The second kappa shape index (κ2) is 6.35. The van der Waals surface area contributed by atoms with Gasteiger partial charge in [0.05, 0.1) is 11.3 Å². The molecule has 7 nitrogen and oxygen atoms in total. The average Bonchev–Trinajstić information content (AvgIpc) is 2.87. The molecule has 8 heteroatoms. The molecule has 2 rings (SSSR count). The average molecular weight is 322 g/mol. The first-order valence-corrected chi connectivity index (χ1v) is 7.80. The minimum atomic E-state index is -0.568. The Labute approximate surface area is 132 Å². The zero-order chi connectivity index (χ0) is 16.4. The molecule has 0 atom stereocenters. The van der Waals surface area contributed by atoms with Gasteiger partial charge in [0.1, 0.15) is 5.03 Å². The predicted octanol–water partition coefficient (Wildman–Crippen LogP) is 0.750. The van der Waals surface area contributed by atoms with Crippen molar-refractivity contribution in [1.29, 1.82) is 0 Å². The number of hydrogen-bond acceptors (Lipinski definition) is 5. The van der Waals surface area contributed by atoms with E-state index in [-0.39, 0.29) is 17.7 Å². The SMILES string of the molecule is Cc1nc(SCC(=O)N2CCNC2=O)c(C(N)=O)c(C)c1C. The Kier molecular flexibility index (Phi) is 4.70. The zero-order valence-corrected chi connectivity index (χ0v) is 13.5. The van der Waals surface area contributed by atoms with E-state index in [9.17, 15) is 14.4 Å². The first-order valence-electron chi connectivity index (χ1n) is 6.81. The highest BCUT2D eigenvalue weighted by Crippen LogP contribution is 2.27. The number of hydrogen-bond donors (Lipinski definition) is 2. The summed E-state index contributed by atoms with van der Waals surface area (Å²) in [6, 6.07) is -0.384. The van der Waals surface area contributed by atoms with Gasteiger partial charge in [0.25, 0.3) is 5.91 Å². The highest BCUT2D eigenvalue weighted by atomic mass is 32.2. The number of nitrogens with one attached hydrogen (secondary N) is 1. The molecular formula is C14H18N4O3S. The Balaban J connectivity index is 2.21. The second-order valence-corrected chi connectivity index (χ2v) is 6.02. The number of amides is 4. The van der Waals surface area contributed by atoms with Crippen molar-refractivity contribution < 1.29 is 14.4 Å². The number of urea groups is 1. The highest BCUT2D eigenvalue weighted by Gasteiger charge is 2.27. The van der Waals surface area contributed by atoms with E-state index in [4.69, 9.17) is 5.73 Å². The third kappa shape index (κ3) is 3.06. The van der Waals surface area contributed by atoms with Crippen LogP contribution in [-0.4, -0.2) is 46.6 Å². The fraction of sp³-hybridized carbons (Fsp3) is 0.429. The molecule has 0 radical (unpaired) electrons. The van der Waals surface area contributed by atoms with Crippen LogP contribution in [0.5, 0.6) is 0 Å². The van der Waals surface area contributed by atoms with Gasteiger partial charge in [-0.2, -0.15) is 0 Å². The van der Waals surface area contributed by atoms with Gasteiger partial charge in [-0.25, -0.2) is 9.78 Å². The largest absolute Gasteiger partial charge is 0.366 e. The number of aromatic nitrogens is 1. The van der Waals surface area contributed by atoms with Crippen LogP contribution in [0.15, 0.2) is 5.03 Å². The van der Waals surface area contributed by atoms with E-state index in [0.717, 1.165) is 33.5 Å². The number of carbonyl (C=O) groups excluding carboxylic acids is 3. The molecule has 22 heavy (non-hydrogen) atoms. The van der Waals surface area contributed by atoms with Crippen molar-refractivity contribution in [3.8, 4) is 0 Å². The summed E-state index contributed by atoms with van der Waals surface area (Å²) in [5, 5.41) is 3.00. The molecule has 0 spiro atoms. The monoisotopic (exact) mass is 322 g/mol.